The third kappa shape index (κ3) is 5.31. The first-order chi connectivity index (χ1) is 9.54. The first-order valence-electron chi connectivity index (χ1n) is 6.03. The summed E-state index contributed by atoms with van der Waals surface area (Å²) in [5, 5.41) is 11.2. The zero-order valence-electron chi connectivity index (χ0n) is 11.0. The molecule has 2 N–H and O–H groups in total. The number of nitrogens with one attached hydrogen (secondary N) is 1. The van der Waals surface area contributed by atoms with Crippen molar-refractivity contribution in [3.63, 3.8) is 0 Å². The van der Waals surface area contributed by atoms with E-state index < -0.39 is 22.7 Å². The van der Waals surface area contributed by atoms with E-state index in [0.29, 0.717) is 17.1 Å². The number of aliphatic carboxylic acids is 1. The summed E-state index contributed by atoms with van der Waals surface area (Å²) in [7, 11) is -0.942. The van der Waals surface area contributed by atoms with Crippen molar-refractivity contribution in [2.75, 3.05) is 18.1 Å². The molecule has 0 aliphatic heterocycles. The molecule has 0 saturated heterocycles. The van der Waals surface area contributed by atoms with Crippen molar-refractivity contribution in [1.29, 1.82) is 0 Å². The van der Waals surface area contributed by atoms with E-state index in [9.17, 15) is 13.8 Å². The number of carbonyl (C=O) groups is 2. The third-order valence-corrected chi connectivity index (χ3v) is 3.70. The van der Waals surface area contributed by atoms with Gasteiger partial charge in [-0.15, -0.1) is 0 Å². The number of carbonyl (C=O) groups excluding carboxylic acids is 1. The minimum atomic E-state index is -1.10. The summed E-state index contributed by atoms with van der Waals surface area (Å²) in [5.74, 6) is -0.580. The number of pyridine rings is 1. The summed E-state index contributed by atoms with van der Waals surface area (Å²) in [4.78, 5) is 26.4. The van der Waals surface area contributed by atoms with Crippen molar-refractivity contribution in [2.45, 2.75) is 6.92 Å². The van der Waals surface area contributed by atoms with Crippen LogP contribution in [0.3, 0.4) is 0 Å². The summed E-state index contributed by atoms with van der Waals surface area (Å²) < 4.78 is 11.2. The van der Waals surface area contributed by atoms with Crippen molar-refractivity contribution in [3.8, 4) is 0 Å². The molecule has 1 rings (SSSR count). The Bertz CT molecular complexity index is 543. The van der Waals surface area contributed by atoms with Gasteiger partial charge in [-0.3, -0.25) is 14.0 Å². The van der Waals surface area contributed by atoms with Crippen LogP contribution in [0.25, 0.3) is 6.08 Å². The maximum absolute atomic E-state index is 11.9. The molecule has 0 saturated carbocycles. The van der Waals surface area contributed by atoms with E-state index in [1.807, 2.05) is 6.92 Å². The molecule has 0 aliphatic rings. The molecule has 0 radical (unpaired) electrons. The zero-order valence-corrected chi connectivity index (χ0v) is 11.9. The predicted octanol–water partition coefficient (Wildman–Crippen LogP) is 0.678. The highest BCUT2D eigenvalue weighted by Gasteiger charge is 2.11. The van der Waals surface area contributed by atoms with Crippen molar-refractivity contribution >= 4 is 28.8 Å². The van der Waals surface area contributed by atoms with E-state index in [1.54, 1.807) is 12.1 Å². The van der Waals surface area contributed by atoms with Crippen LogP contribution in [-0.2, 0) is 15.6 Å². The van der Waals surface area contributed by atoms with Gasteiger partial charge in [0.05, 0.1) is 0 Å². The number of carboxylic acids is 1. The molecule has 1 atom stereocenters. The van der Waals surface area contributed by atoms with E-state index in [0.717, 1.165) is 6.08 Å². The molecule has 0 bridgehead atoms. The lowest BCUT2D eigenvalue weighted by atomic mass is 10.1. The molecule has 0 aliphatic carbocycles. The molecule has 0 spiro atoms. The Labute approximate surface area is 119 Å². The summed E-state index contributed by atoms with van der Waals surface area (Å²) in [6.07, 6.45) is 3.71. The number of hydrogen-bond donors (Lipinski definition) is 2. The first kappa shape index (κ1) is 16.0. The number of amides is 1. The van der Waals surface area contributed by atoms with Gasteiger partial charge in [0.25, 0.3) is 5.91 Å². The number of rotatable bonds is 7. The van der Waals surface area contributed by atoms with Gasteiger partial charge in [0.15, 0.2) is 0 Å². The molecule has 1 heterocycles. The van der Waals surface area contributed by atoms with Gasteiger partial charge in [-0.25, -0.2) is 4.79 Å². The van der Waals surface area contributed by atoms with Crippen LogP contribution < -0.4 is 5.32 Å². The number of nitrogens with zero attached hydrogens (tertiary/aromatic N) is 1. The van der Waals surface area contributed by atoms with E-state index in [2.05, 4.69) is 10.3 Å². The molecule has 0 fully saturated rings. The van der Waals surface area contributed by atoms with Gasteiger partial charge in [0.2, 0.25) is 0 Å². The minimum absolute atomic E-state index is 0.146. The summed E-state index contributed by atoms with van der Waals surface area (Å²) in [6.45, 7) is 2.10. The Morgan fingerprint density at radius 3 is 2.90 bits per heavy atom. The fourth-order valence-corrected chi connectivity index (χ4v) is 2.03. The molecular weight excluding hydrogens is 280 g/mol. The minimum Gasteiger partial charge on any atom is -0.478 e. The Morgan fingerprint density at radius 1 is 1.50 bits per heavy atom. The lowest BCUT2D eigenvalue weighted by molar-refractivity contribution is -0.131. The largest absolute Gasteiger partial charge is 0.478 e. The van der Waals surface area contributed by atoms with Crippen molar-refractivity contribution in [2.24, 2.45) is 0 Å². The molecule has 108 valence electrons. The monoisotopic (exact) mass is 296 g/mol. The highest BCUT2D eigenvalue weighted by atomic mass is 32.2. The smallest absolute Gasteiger partial charge is 0.328 e. The van der Waals surface area contributed by atoms with Crippen molar-refractivity contribution < 1.29 is 18.9 Å². The Balaban J connectivity index is 2.72. The maximum atomic E-state index is 11.9. The SMILES string of the molecule is CCS(=O)CCNC(=O)c1ncccc1/C=C/C(=O)O. The lowest BCUT2D eigenvalue weighted by Crippen LogP contribution is -2.29. The van der Waals surface area contributed by atoms with Crippen LogP contribution in [0.15, 0.2) is 24.4 Å². The van der Waals surface area contributed by atoms with Crippen LogP contribution >= 0.6 is 0 Å². The van der Waals surface area contributed by atoms with E-state index in [1.165, 1.54) is 12.3 Å². The molecule has 1 aromatic heterocycles. The molecule has 7 heteroatoms. The second-order valence-corrected chi connectivity index (χ2v) is 5.67. The molecular formula is C13H16N2O4S. The van der Waals surface area contributed by atoms with Crippen LogP contribution in [0, 0.1) is 0 Å². The second-order valence-electron chi connectivity index (χ2n) is 3.80. The van der Waals surface area contributed by atoms with E-state index in [4.69, 9.17) is 5.11 Å². The van der Waals surface area contributed by atoms with Crippen LogP contribution in [0.2, 0.25) is 0 Å². The fraction of sp³-hybridized carbons (Fsp3) is 0.308. The maximum Gasteiger partial charge on any atom is 0.328 e. The first-order valence-corrected chi connectivity index (χ1v) is 7.52. The average Bonchev–Trinajstić information content (AvgIpc) is 2.45. The molecule has 6 nitrogen and oxygen atoms in total. The van der Waals surface area contributed by atoms with Gasteiger partial charge in [-0.2, -0.15) is 0 Å². The summed E-state index contributed by atoms with van der Waals surface area (Å²) in [6, 6.07) is 3.22. The zero-order chi connectivity index (χ0) is 15.0. The number of carboxylic acid groups (broad SMARTS) is 1. The van der Waals surface area contributed by atoms with Gasteiger partial charge in [-0.1, -0.05) is 13.0 Å². The standard InChI is InChI=1S/C13H16N2O4S/c1-2-20(19)9-8-15-13(18)12-10(4-3-7-14-12)5-6-11(16)17/h3-7H,2,8-9H2,1H3,(H,15,18)(H,16,17)/b6-5+. The van der Waals surface area contributed by atoms with E-state index >= 15 is 0 Å². The topological polar surface area (TPSA) is 96.4 Å². The molecule has 0 aromatic carbocycles. The van der Waals surface area contributed by atoms with Crippen molar-refractivity contribution in [3.05, 3.63) is 35.7 Å². The normalized spacial score (nSPS) is 12.2. The molecule has 1 amide bonds. The Hall–Kier alpha value is -2.02. The highest BCUT2D eigenvalue weighted by molar-refractivity contribution is 7.84. The van der Waals surface area contributed by atoms with Crippen LogP contribution in [-0.4, -0.2) is 44.2 Å². The van der Waals surface area contributed by atoms with Gasteiger partial charge >= 0.3 is 5.97 Å². The lowest BCUT2D eigenvalue weighted by Gasteiger charge is -2.06. The number of aromatic nitrogens is 1. The molecule has 20 heavy (non-hydrogen) atoms. The van der Waals surface area contributed by atoms with Crippen LogP contribution in [0.1, 0.15) is 23.0 Å². The van der Waals surface area contributed by atoms with Gasteiger partial charge in [-0.05, 0) is 12.1 Å². The third-order valence-electron chi connectivity index (χ3n) is 2.40. The van der Waals surface area contributed by atoms with E-state index in [-0.39, 0.29) is 12.2 Å². The van der Waals surface area contributed by atoms with Crippen LogP contribution in [0.4, 0.5) is 0 Å². The molecule has 1 aromatic rings. The summed E-state index contributed by atoms with van der Waals surface area (Å²) in [5.41, 5.74) is 0.566. The van der Waals surface area contributed by atoms with Gasteiger partial charge in [0.1, 0.15) is 5.69 Å². The number of hydrogen-bond acceptors (Lipinski definition) is 4. The predicted molar refractivity (Wildman–Crippen MR) is 76.8 cm³/mol. The second kappa shape index (κ2) is 8.21. The molecule has 1 unspecified atom stereocenters. The van der Waals surface area contributed by atoms with Crippen LogP contribution in [0.5, 0.6) is 0 Å². The Morgan fingerprint density at radius 2 is 2.25 bits per heavy atom. The van der Waals surface area contributed by atoms with Gasteiger partial charge < -0.3 is 10.4 Å². The fourth-order valence-electron chi connectivity index (χ4n) is 1.41. The van der Waals surface area contributed by atoms with Crippen molar-refractivity contribution in [1.82, 2.24) is 10.3 Å². The van der Waals surface area contributed by atoms with Gasteiger partial charge in [0, 0.05) is 46.7 Å². The highest BCUT2D eigenvalue weighted by Crippen LogP contribution is 2.07. The average molecular weight is 296 g/mol. The quantitative estimate of drug-likeness (QED) is 0.721. The summed E-state index contributed by atoms with van der Waals surface area (Å²) >= 11 is 0. The Kier molecular flexibility index (Phi) is 6.58.